The van der Waals surface area contributed by atoms with Crippen LogP contribution in [0.4, 0.5) is 0 Å². The van der Waals surface area contributed by atoms with E-state index in [-0.39, 0.29) is 5.78 Å². The highest BCUT2D eigenvalue weighted by Gasteiger charge is 2.12. The fourth-order valence-corrected chi connectivity index (χ4v) is 3.83. The van der Waals surface area contributed by atoms with E-state index >= 15 is 0 Å². The van der Waals surface area contributed by atoms with Gasteiger partial charge in [0.05, 0.1) is 0 Å². The maximum absolute atomic E-state index is 12.8. The zero-order valence-electron chi connectivity index (χ0n) is 18.3. The summed E-state index contributed by atoms with van der Waals surface area (Å²) in [4.78, 5) is 12.8. The average Bonchev–Trinajstić information content (AvgIpc) is 2.73. The summed E-state index contributed by atoms with van der Waals surface area (Å²) in [7, 11) is 0. The molecule has 0 heterocycles. The first-order valence-corrected chi connectivity index (χ1v) is 11.3. The molecule has 0 amide bonds. The molecule has 1 nitrogen and oxygen atoms in total. The lowest BCUT2D eigenvalue weighted by molar-refractivity contribution is 0.103. The molecule has 152 valence electrons. The van der Waals surface area contributed by atoms with Crippen LogP contribution >= 0.6 is 0 Å². The number of ketones is 1. The first-order chi connectivity index (χ1) is 13.6. The fraction of sp³-hybridized carbons (Fsp3) is 0.519. The molecule has 0 saturated carbocycles. The average molecular weight is 379 g/mol. The molecular weight excluding hydrogens is 340 g/mol. The molecule has 2 unspecified atom stereocenters. The molecule has 0 aliphatic rings. The van der Waals surface area contributed by atoms with Crippen molar-refractivity contribution in [3.05, 3.63) is 70.8 Å². The molecule has 0 bridgehead atoms. The Morgan fingerprint density at radius 1 is 0.643 bits per heavy atom. The third-order valence-corrected chi connectivity index (χ3v) is 5.97. The van der Waals surface area contributed by atoms with E-state index in [0.717, 1.165) is 11.1 Å². The van der Waals surface area contributed by atoms with Crippen molar-refractivity contribution in [2.24, 2.45) is 0 Å². The minimum atomic E-state index is 0.121. The van der Waals surface area contributed by atoms with Gasteiger partial charge in [-0.15, -0.1) is 0 Å². The van der Waals surface area contributed by atoms with Crippen LogP contribution in [-0.4, -0.2) is 5.78 Å². The minimum Gasteiger partial charge on any atom is -0.289 e. The van der Waals surface area contributed by atoms with E-state index in [1.54, 1.807) is 0 Å². The van der Waals surface area contributed by atoms with Crippen LogP contribution in [0.15, 0.2) is 48.5 Å². The van der Waals surface area contributed by atoms with E-state index in [9.17, 15) is 4.79 Å². The summed E-state index contributed by atoms with van der Waals surface area (Å²) in [5, 5.41) is 0. The first kappa shape index (κ1) is 22.4. The highest BCUT2D eigenvalue weighted by Crippen LogP contribution is 2.25. The first-order valence-electron chi connectivity index (χ1n) is 11.3. The zero-order valence-corrected chi connectivity index (χ0v) is 18.3. The third kappa shape index (κ3) is 6.62. The topological polar surface area (TPSA) is 17.1 Å². The van der Waals surface area contributed by atoms with Gasteiger partial charge in [0.25, 0.3) is 0 Å². The van der Waals surface area contributed by atoms with Crippen molar-refractivity contribution in [2.45, 2.75) is 90.9 Å². The van der Waals surface area contributed by atoms with Gasteiger partial charge in [-0.3, -0.25) is 4.79 Å². The molecule has 0 aromatic heterocycles. The molecule has 0 saturated heterocycles. The van der Waals surface area contributed by atoms with E-state index in [1.807, 2.05) is 24.3 Å². The molecule has 0 radical (unpaired) electrons. The summed E-state index contributed by atoms with van der Waals surface area (Å²) < 4.78 is 0. The Morgan fingerprint density at radius 3 is 1.32 bits per heavy atom. The second-order valence-electron chi connectivity index (χ2n) is 8.37. The van der Waals surface area contributed by atoms with Crippen LogP contribution in [0.3, 0.4) is 0 Å². The maximum atomic E-state index is 12.8. The molecule has 1 heteroatoms. The van der Waals surface area contributed by atoms with Gasteiger partial charge in [-0.25, -0.2) is 0 Å². The van der Waals surface area contributed by atoms with Gasteiger partial charge in [0, 0.05) is 11.1 Å². The highest BCUT2D eigenvalue weighted by atomic mass is 16.1. The second kappa shape index (κ2) is 11.8. The normalized spacial score (nSPS) is 13.3. The molecule has 0 aliphatic carbocycles. The van der Waals surface area contributed by atoms with Crippen molar-refractivity contribution in [1.29, 1.82) is 0 Å². The molecule has 0 aliphatic heterocycles. The van der Waals surface area contributed by atoms with Crippen molar-refractivity contribution in [3.63, 3.8) is 0 Å². The number of carbonyl (C=O) groups is 1. The van der Waals surface area contributed by atoms with Crippen LogP contribution in [0.25, 0.3) is 0 Å². The van der Waals surface area contributed by atoms with E-state index < -0.39 is 0 Å². The summed E-state index contributed by atoms with van der Waals surface area (Å²) >= 11 is 0. The van der Waals surface area contributed by atoms with Crippen molar-refractivity contribution in [3.8, 4) is 0 Å². The number of carbonyl (C=O) groups excluding carboxylic acids is 1. The van der Waals surface area contributed by atoms with Gasteiger partial charge in [-0.2, -0.15) is 0 Å². The van der Waals surface area contributed by atoms with Crippen LogP contribution < -0.4 is 0 Å². The quantitative estimate of drug-likeness (QED) is 0.268. The van der Waals surface area contributed by atoms with Gasteiger partial charge in [0.2, 0.25) is 0 Å². The molecular formula is C27H38O. The maximum Gasteiger partial charge on any atom is 0.193 e. The number of rotatable bonds is 12. The fourth-order valence-electron chi connectivity index (χ4n) is 3.83. The van der Waals surface area contributed by atoms with E-state index in [2.05, 4.69) is 52.0 Å². The molecule has 28 heavy (non-hydrogen) atoms. The Morgan fingerprint density at radius 2 is 1.00 bits per heavy atom. The molecule has 0 N–H and O–H groups in total. The van der Waals surface area contributed by atoms with Crippen molar-refractivity contribution in [1.82, 2.24) is 0 Å². The predicted molar refractivity (Wildman–Crippen MR) is 121 cm³/mol. The van der Waals surface area contributed by atoms with Crippen molar-refractivity contribution in [2.75, 3.05) is 0 Å². The Kier molecular flexibility index (Phi) is 9.47. The van der Waals surface area contributed by atoms with Crippen LogP contribution in [0.1, 0.15) is 118 Å². The molecule has 2 rings (SSSR count). The lowest BCUT2D eigenvalue weighted by atomic mass is 9.92. The summed E-state index contributed by atoms with van der Waals surface area (Å²) in [5.41, 5.74) is 4.24. The summed E-state index contributed by atoms with van der Waals surface area (Å²) in [5.74, 6) is 1.24. The Labute approximate surface area is 172 Å². The van der Waals surface area contributed by atoms with Gasteiger partial charge in [0.1, 0.15) is 0 Å². The van der Waals surface area contributed by atoms with Crippen LogP contribution in [-0.2, 0) is 0 Å². The van der Waals surface area contributed by atoms with Crippen molar-refractivity contribution >= 4 is 5.78 Å². The van der Waals surface area contributed by atoms with Gasteiger partial charge in [0.15, 0.2) is 5.78 Å². The monoisotopic (exact) mass is 378 g/mol. The van der Waals surface area contributed by atoms with Crippen LogP contribution in [0.2, 0.25) is 0 Å². The smallest absolute Gasteiger partial charge is 0.193 e. The Bertz CT molecular complexity index is 635. The van der Waals surface area contributed by atoms with E-state index in [0.29, 0.717) is 11.8 Å². The van der Waals surface area contributed by atoms with Crippen molar-refractivity contribution < 1.29 is 4.79 Å². The molecule has 2 atom stereocenters. The molecule has 0 spiro atoms. The largest absolute Gasteiger partial charge is 0.289 e. The molecule has 2 aromatic rings. The molecule has 2 aromatic carbocycles. The number of hydrogen-bond acceptors (Lipinski definition) is 1. The number of unbranched alkanes of at least 4 members (excludes halogenated alkanes) is 4. The van der Waals surface area contributed by atoms with Gasteiger partial charge in [-0.05, 0) is 35.8 Å². The number of hydrogen-bond donors (Lipinski definition) is 0. The van der Waals surface area contributed by atoms with Gasteiger partial charge in [-0.1, -0.05) is 115 Å². The summed E-state index contributed by atoms with van der Waals surface area (Å²) in [6, 6.07) is 16.5. The Hall–Kier alpha value is -1.89. The standard InChI is InChI=1S/C27H38O/c1-5-7-9-11-21(3)23-13-17-25(18-14-23)27(28)26-19-15-24(16-20-26)22(4)12-10-8-6-2/h13-22H,5-12H2,1-4H3. The van der Waals surface area contributed by atoms with Gasteiger partial charge >= 0.3 is 0 Å². The highest BCUT2D eigenvalue weighted by molar-refractivity contribution is 6.09. The second-order valence-corrected chi connectivity index (χ2v) is 8.37. The zero-order chi connectivity index (χ0) is 20.4. The lowest BCUT2D eigenvalue weighted by Gasteiger charge is -2.13. The van der Waals surface area contributed by atoms with E-state index in [4.69, 9.17) is 0 Å². The summed E-state index contributed by atoms with van der Waals surface area (Å²) in [6.45, 7) is 9.05. The Balaban J connectivity index is 1.97. The number of benzene rings is 2. The lowest BCUT2D eigenvalue weighted by Crippen LogP contribution is -2.03. The minimum absolute atomic E-state index is 0.121. The molecule has 0 fully saturated rings. The van der Waals surface area contributed by atoms with E-state index in [1.165, 1.54) is 62.5 Å². The van der Waals surface area contributed by atoms with Gasteiger partial charge < -0.3 is 0 Å². The third-order valence-electron chi connectivity index (χ3n) is 5.97. The SMILES string of the molecule is CCCCCC(C)c1ccc(C(=O)c2ccc(C(C)CCCCC)cc2)cc1. The van der Waals surface area contributed by atoms with Crippen LogP contribution in [0, 0.1) is 0 Å². The summed E-state index contributed by atoms with van der Waals surface area (Å²) in [6.07, 6.45) is 10.1. The predicted octanol–water partition coefficient (Wildman–Crippen LogP) is 8.29. The van der Waals surface area contributed by atoms with Crippen LogP contribution in [0.5, 0.6) is 0 Å².